The van der Waals surface area contributed by atoms with Gasteiger partial charge in [-0.25, -0.2) is 0 Å². The van der Waals surface area contributed by atoms with Crippen LogP contribution in [-0.4, -0.2) is 47.0 Å². The Morgan fingerprint density at radius 2 is 1.64 bits per heavy atom. The maximum absolute atomic E-state index is 14.0. The normalized spacial score (nSPS) is 19.4. The Balaban J connectivity index is 1.42. The minimum atomic E-state index is -0.471. The summed E-state index contributed by atoms with van der Waals surface area (Å²) in [7, 11) is 0. The van der Waals surface area contributed by atoms with Crippen molar-refractivity contribution in [3.05, 3.63) is 101 Å². The average molecular weight is 564 g/mol. The lowest BCUT2D eigenvalue weighted by Crippen LogP contribution is -2.52. The number of aryl methyl sites for hydroxylation is 1. The van der Waals surface area contributed by atoms with Crippen LogP contribution in [0.1, 0.15) is 65.6 Å². The number of aromatic amines is 1. The summed E-state index contributed by atoms with van der Waals surface area (Å²) >= 11 is 0. The molecule has 1 aliphatic heterocycles. The first-order chi connectivity index (χ1) is 20.6. The molecule has 1 saturated carbocycles. The molecule has 2 aliphatic rings. The number of rotatable bonds is 10. The molecule has 218 valence electrons. The molecule has 0 radical (unpaired) electrons. The second kappa shape index (κ2) is 13.0. The molecule has 4 aromatic rings. The van der Waals surface area contributed by atoms with E-state index in [4.69, 9.17) is 0 Å². The van der Waals surface area contributed by atoms with Crippen molar-refractivity contribution in [2.24, 2.45) is 5.92 Å². The summed E-state index contributed by atoms with van der Waals surface area (Å²) in [4.78, 5) is 33.3. The number of aromatic nitrogens is 1. The molecule has 1 fully saturated rings. The zero-order valence-electron chi connectivity index (χ0n) is 24.2. The van der Waals surface area contributed by atoms with Crippen molar-refractivity contribution in [1.82, 2.24) is 10.3 Å². The van der Waals surface area contributed by atoms with Gasteiger partial charge in [-0.15, -0.1) is 0 Å². The van der Waals surface area contributed by atoms with E-state index in [0.717, 1.165) is 59.0 Å². The predicted molar refractivity (Wildman–Crippen MR) is 168 cm³/mol. The number of benzene rings is 3. The van der Waals surface area contributed by atoms with E-state index in [1.54, 1.807) is 0 Å². The highest BCUT2D eigenvalue weighted by molar-refractivity contribution is 6.11. The quantitative estimate of drug-likeness (QED) is 0.206. The number of H-pyrrole nitrogens is 1. The molecule has 1 aliphatic carbocycles. The number of carbonyl (C=O) groups is 2. The highest BCUT2D eigenvalue weighted by Gasteiger charge is 2.33. The molecule has 3 aromatic carbocycles. The third-order valence-electron chi connectivity index (χ3n) is 9.14. The van der Waals surface area contributed by atoms with E-state index in [-0.39, 0.29) is 18.3 Å². The fraction of sp³-hybridized carbons (Fsp3) is 0.389. The van der Waals surface area contributed by atoms with Crippen LogP contribution in [0, 0.1) is 5.92 Å². The predicted octanol–water partition coefficient (Wildman–Crippen LogP) is 6.01. The van der Waals surface area contributed by atoms with Crippen LogP contribution in [0.2, 0.25) is 0 Å². The maximum Gasteiger partial charge on any atom is 0.243 e. The summed E-state index contributed by atoms with van der Waals surface area (Å²) in [6, 6.07) is 23.7. The lowest BCUT2D eigenvalue weighted by molar-refractivity contribution is -0.123. The number of aliphatic hydroxyl groups is 1. The van der Waals surface area contributed by atoms with E-state index < -0.39 is 12.1 Å². The third-order valence-corrected chi connectivity index (χ3v) is 9.14. The first kappa shape index (κ1) is 28.2. The van der Waals surface area contributed by atoms with Crippen molar-refractivity contribution in [3.8, 4) is 0 Å². The van der Waals surface area contributed by atoms with Crippen LogP contribution in [0.3, 0.4) is 0 Å². The van der Waals surface area contributed by atoms with Crippen molar-refractivity contribution in [3.63, 3.8) is 0 Å². The number of carbonyl (C=O) groups excluding carboxylic acids is 2. The number of Topliss-reactive ketones (excluding diaryl/α,β-unsaturated/α-hetero) is 1. The van der Waals surface area contributed by atoms with Gasteiger partial charge in [0.25, 0.3) is 0 Å². The summed E-state index contributed by atoms with van der Waals surface area (Å²) in [6.45, 7) is 0.527. The summed E-state index contributed by atoms with van der Waals surface area (Å²) < 4.78 is 0. The Morgan fingerprint density at radius 1 is 0.929 bits per heavy atom. The minimum Gasteiger partial charge on any atom is -0.394 e. The Morgan fingerprint density at radius 3 is 2.36 bits per heavy atom. The van der Waals surface area contributed by atoms with Crippen molar-refractivity contribution in [2.45, 2.75) is 69.9 Å². The van der Waals surface area contributed by atoms with Crippen LogP contribution in [0.25, 0.3) is 10.9 Å². The molecule has 6 rings (SSSR count). The molecule has 0 spiro atoms. The van der Waals surface area contributed by atoms with Crippen molar-refractivity contribution < 1.29 is 14.7 Å². The third kappa shape index (κ3) is 6.14. The van der Waals surface area contributed by atoms with E-state index in [0.29, 0.717) is 31.7 Å². The molecule has 0 bridgehead atoms. The molecular formula is C36H41N3O3. The van der Waals surface area contributed by atoms with E-state index in [1.807, 2.05) is 36.5 Å². The van der Waals surface area contributed by atoms with Gasteiger partial charge in [-0.2, -0.15) is 0 Å². The summed E-state index contributed by atoms with van der Waals surface area (Å²) in [6.07, 6.45) is 10.0. The highest BCUT2D eigenvalue weighted by atomic mass is 16.3. The van der Waals surface area contributed by atoms with Crippen LogP contribution in [-0.2, 0) is 24.1 Å². The molecule has 42 heavy (non-hydrogen) atoms. The molecule has 6 heteroatoms. The molecule has 6 nitrogen and oxygen atoms in total. The standard InChI is InChI=1S/C36H41N3O3/c40-24-29-22-28-23-37-35-30(33(41)21-27-14-7-8-15-27)17-18-31(34(28)35)39(19-9-16-25-10-3-1-4-11-25)32(36(42)38-29)20-26-12-5-2-6-13-26/h1-6,10-13,17-18,23,27,29,32,37,40H,7-9,14-16,19-22,24H2,(H,38,42)/t29-,32-/m0/s1. The van der Waals surface area contributed by atoms with E-state index in [9.17, 15) is 14.7 Å². The number of nitrogens with one attached hydrogen (secondary N) is 2. The summed E-state index contributed by atoms with van der Waals surface area (Å²) in [5.74, 6) is 0.571. The topological polar surface area (TPSA) is 85.4 Å². The van der Waals surface area contributed by atoms with Gasteiger partial charge in [0.1, 0.15) is 6.04 Å². The minimum absolute atomic E-state index is 0.0821. The zero-order chi connectivity index (χ0) is 28.9. The number of amides is 1. The maximum atomic E-state index is 14.0. The van der Waals surface area contributed by atoms with Crippen LogP contribution in [0.15, 0.2) is 79.0 Å². The number of nitrogens with zero attached hydrogens (tertiary/aromatic N) is 1. The van der Waals surface area contributed by atoms with E-state index >= 15 is 0 Å². The van der Waals surface area contributed by atoms with Crippen molar-refractivity contribution >= 4 is 28.3 Å². The van der Waals surface area contributed by atoms with Gasteiger partial charge in [-0.05, 0) is 54.0 Å². The Kier molecular flexibility index (Phi) is 8.71. The molecule has 2 heterocycles. The van der Waals surface area contributed by atoms with E-state index in [2.05, 4.69) is 57.7 Å². The van der Waals surface area contributed by atoms with Gasteiger partial charge in [0.15, 0.2) is 5.78 Å². The summed E-state index contributed by atoms with van der Waals surface area (Å²) in [5, 5.41) is 14.4. The van der Waals surface area contributed by atoms with Crippen LogP contribution in [0.4, 0.5) is 5.69 Å². The number of anilines is 1. The Hall–Kier alpha value is -3.90. The highest BCUT2D eigenvalue weighted by Crippen LogP contribution is 2.37. The Labute approximate surface area is 248 Å². The number of hydrogen-bond acceptors (Lipinski definition) is 4. The first-order valence-corrected chi connectivity index (χ1v) is 15.5. The number of hydrogen-bond donors (Lipinski definition) is 3. The van der Waals surface area contributed by atoms with Crippen LogP contribution >= 0.6 is 0 Å². The second-order valence-electron chi connectivity index (χ2n) is 12.1. The molecule has 1 aromatic heterocycles. The van der Waals surface area contributed by atoms with Crippen molar-refractivity contribution in [1.29, 1.82) is 0 Å². The van der Waals surface area contributed by atoms with Gasteiger partial charge in [0.05, 0.1) is 18.2 Å². The fourth-order valence-electron chi connectivity index (χ4n) is 6.97. The lowest BCUT2D eigenvalue weighted by Gasteiger charge is -2.34. The van der Waals surface area contributed by atoms with Gasteiger partial charge >= 0.3 is 0 Å². The van der Waals surface area contributed by atoms with Crippen molar-refractivity contribution in [2.75, 3.05) is 18.1 Å². The number of aliphatic hydroxyl groups excluding tert-OH is 1. The Bertz CT molecular complexity index is 1510. The van der Waals surface area contributed by atoms with Crippen LogP contribution in [0.5, 0.6) is 0 Å². The average Bonchev–Trinajstić information content (AvgIpc) is 3.69. The fourth-order valence-corrected chi connectivity index (χ4v) is 6.97. The molecule has 0 unspecified atom stereocenters. The lowest BCUT2D eigenvalue weighted by atomic mass is 9.94. The van der Waals surface area contributed by atoms with Gasteiger partial charge in [-0.3, -0.25) is 9.59 Å². The number of ketones is 1. The van der Waals surface area contributed by atoms with Gasteiger partial charge in [0, 0.05) is 42.2 Å². The largest absolute Gasteiger partial charge is 0.394 e. The van der Waals surface area contributed by atoms with Gasteiger partial charge in [0.2, 0.25) is 5.91 Å². The molecule has 3 N–H and O–H groups in total. The monoisotopic (exact) mass is 563 g/mol. The van der Waals surface area contributed by atoms with E-state index in [1.165, 1.54) is 18.4 Å². The zero-order valence-corrected chi connectivity index (χ0v) is 24.2. The molecule has 1 amide bonds. The van der Waals surface area contributed by atoms with Gasteiger partial charge < -0.3 is 20.3 Å². The molecular weight excluding hydrogens is 522 g/mol. The second-order valence-corrected chi connectivity index (χ2v) is 12.1. The smallest absolute Gasteiger partial charge is 0.243 e. The first-order valence-electron chi connectivity index (χ1n) is 15.5. The van der Waals surface area contributed by atoms with Gasteiger partial charge in [-0.1, -0.05) is 86.3 Å². The van der Waals surface area contributed by atoms with Crippen LogP contribution < -0.4 is 10.2 Å². The SMILES string of the molecule is O=C(CC1CCCC1)c1ccc2c3c(c[nH]c13)C[C@@H](CO)NC(=O)[C@H](Cc1ccccc1)N2CCCc1ccccc1. The summed E-state index contributed by atoms with van der Waals surface area (Å²) in [5.41, 5.74) is 5.92. The molecule has 0 saturated heterocycles. The molecule has 2 atom stereocenters.